The van der Waals surface area contributed by atoms with Crippen LogP contribution in [0.25, 0.3) is 5.53 Å². The summed E-state index contributed by atoms with van der Waals surface area (Å²) in [6.45, 7) is 8.66. The number of hydrogen-bond donors (Lipinski definition) is 0. The first-order valence-corrected chi connectivity index (χ1v) is 8.42. The summed E-state index contributed by atoms with van der Waals surface area (Å²) in [7, 11) is 0. The van der Waals surface area contributed by atoms with Crippen molar-refractivity contribution in [3.05, 3.63) is 65.0 Å². The average molecular weight is 327 g/mol. The van der Waals surface area contributed by atoms with Gasteiger partial charge in [0, 0.05) is 19.7 Å². The van der Waals surface area contributed by atoms with Gasteiger partial charge in [-0.1, -0.05) is 30.3 Å². The molecule has 1 unspecified atom stereocenters. The summed E-state index contributed by atoms with van der Waals surface area (Å²) in [5, 5.41) is 0. The van der Waals surface area contributed by atoms with Gasteiger partial charge in [0.1, 0.15) is 5.76 Å². The van der Waals surface area contributed by atoms with Gasteiger partial charge in [-0.2, -0.15) is 4.79 Å². The Kier molecular flexibility index (Phi) is 6.79. The van der Waals surface area contributed by atoms with Gasteiger partial charge in [-0.25, -0.2) is 0 Å². The molecular weight excluding hydrogens is 302 g/mol. The van der Waals surface area contributed by atoms with Crippen LogP contribution < -0.4 is 0 Å². The highest BCUT2D eigenvalue weighted by molar-refractivity contribution is 5.97. The van der Waals surface area contributed by atoms with Crippen molar-refractivity contribution in [3.8, 4) is 0 Å². The smallest absolute Gasteiger partial charge is 0.328 e. The summed E-state index contributed by atoms with van der Waals surface area (Å²) in [5.74, 6) is 0.707. The van der Waals surface area contributed by atoms with E-state index in [4.69, 9.17) is 9.47 Å². The van der Waals surface area contributed by atoms with Gasteiger partial charge in [0.25, 0.3) is 0 Å². The second-order valence-corrected chi connectivity index (χ2v) is 5.39. The molecule has 0 aliphatic heterocycles. The summed E-state index contributed by atoms with van der Waals surface area (Å²) in [6, 6.07) is 10.3. The van der Waals surface area contributed by atoms with Crippen molar-refractivity contribution in [2.24, 2.45) is 0 Å². The molecule has 0 spiro atoms. The highest BCUT2D eigenvalue weighted by Crippen LogP contribution is 2.25. The number of benzene rings is 1. The second kappa shape index (κ2) is 9.06. The Balaban J connectivity index is 2.33. The maximum Gasteiger partial charge on any atom is 0.328 e. The van der Waals surface area contributed by atoms with Crippen LogP contribution in [-0.2, 0) is 16.0 Å². The topological polar surface area (TPSA) is 58.1 Å². The minimum Gasteiger partial charge on any atom is -0.491 e. The number of hydrogen-bond acceptors (Lipinski definition) is 3. The SMILES string of the molecule is CCOC1=CC(=[N+]=[N-])C(OCC)C=C1N(CC)Cc1ccccc1. The van der Waals surface area contributed by atoms with Crippen molar-refractivity contribution >= 4 is 5.71 Å². The van der Waals surface area contributed by atoms with E-state index >= 15 is 0 Å². The van der Waals surface area contributed by atoms with E-state index in [0.29, 0.717) is 24.7 Å². The van der Waals surface area contributed by atoms with Crippen LogP contribution in [0.2, 0.25) is 0 Å². The van der Waals surface area contributed by atoms with Crippen molar-refractivity contribution in [1.29, 1.82) is 0 Å². The van der Waals surface area contributed by atoms with Crippen LogP contribution in [0, 0.1) is 0 Å². The van der Waals surface area contributed by atoms with Crippen LogP contribution >= 0.6 is 0 Å². The molecule has 24 heavy (non-hydrogen) atoms. The highest BCUT2D eigenvalue weighted by Gasteiger charge is 2.30. The van der Waals surface area contributed by atoms with Gasteiger partial charge < -0.3 is 19.9 Å². The second-order valence-electron chi connectivity index (χ2n) is 5.39. The van der Waals surface area contributed by atoms with Crippen LogP contribution in [0.3, 0.4) is 0 Å². The third-order valence-corrected chi connectivity index (χ3v) is 3.83. The van der Waals surface area contributed by atoms with E-state index in [2.05, 4.69) is 28.7 Å². The molecule has 0 heterocycles. The van der Waals surface area contributed by atoms with Gasteiger partial charge in [0.15, 0.2) is 6.10 Å². The predicted octanol–water partition coefficient (Wildman–Crippen LogP) is 3.40. The molecule has 0 radical (unpaired) electrons. The zero-order chi connectivity index (χ0) is 17.4. The molecule has 1 atom stereocenters. The van der Waals surface area contributed by atoms with Crippen LogP contribution in [0.5, 0.6) is 0 Å². The van der Waals surface area contributed by atoms with E-state index in [0.717, 1.165) is 18.8 Å². The van der Waals surface area contributed by atoms with Gasteiger partial charge in [-0.3, -0.25) is 0 Å². The molecule has 0 saturated heterocycles. The molecule has 0 bridgehead atoms. The largest absolute Gasteiger partial charge is 0.491 e. The van der Waals surface area contributed by atoms with E-state index in [1.807, 2.05) is 38.1 Å². The monoisotopic (exact) mass is 327 g/mol. The zero-order valence-electron chi connectivity index (χ0n) is 14.6. The van der Waals surface area contributed by atoms with Crippen molar-refractivity contribution < 1.29 is 14.3 Å². The Labute approximate surface area is 143 Å². The summed E-state index contributed by atoms with van der Waals surface area (Å²) in [6.07, 6.45) is 3.35. The minimum absolute atomic E-state index is 0.371. The van der Waals surface area contributed by atoms with Crippen LogP contribution in [0.4, 0.5) is 0 Å². The molecule has 1 aromatic rings. The number of rotatable bonds is 8. The third kappa shape index (κ3) is 4.34. The average Bonchev–Trinajstić information content (AvgIpc) is 2.62. The van der Waals surface area contributed by atoms with Gasteiger partial charge in [0.05, 0.1) is 18.4 Å². The highest BCUT2D eigenvalue weighted by atomic mass is 16.5. The van der Waals surface area contributed by atoms with Crippen molar-refractivity contribution in [2.75, 3.05) is 19.8 Å². The van der Waals surface area contributed by atoms with Crippen LogP contribution in [0.1, 0.15) is 26.3 Å². The molecule has 5 heteroatoms. The molecule has 1 aliphatic carbocycles. The molecule has 0 aromatic heterocycles. The fraction of sp³-hybridized carbons (Fsp3) is 0.421. The lowest BCUT2D eigenvalue weighted by Crippen LogP contribution is -2.32. The number of likely N-dealkylation sites (N-methyl/N-ethyl adjacent to an activating group) is 1. The molecule has 2 rings (SSSR count). The summed E-state index contributed by atoms with van der Waals surface area (Å²) in [4.78, 5) is 5.59. The molecule has 0 N–H and O–H groups in total. The molecule has 5 nitrogen and oxygen atoms in total. The Bertz CT molecular complexity index is 646. The van der Waals surface area contributed by atoms with E-state index in [-0.39, 0.29) is 6.10 Å². The predicted molar refractivity (Wildman–Crippen MR) is 94.4 cm³/mol. The van der Waals surface area contributed by atoms with E-state index in [1.54, 1.807) is 6.08 Å². The lowest BCUT2D eigenvalue weighted by molar-refractivity contribution is -0.0226. The normalized spacial score (nSPS) is 17.0. The van der Waals surface area contributed by atoms with E-state index < -0.39 is 0 Å². The quantitative estimate of drug-likeness (QED) is 0.543. The fourth-order valence-electron chi connectivity index (χ4n) is 2.70. The molecular formula is C19H25N3O2. The molecule has 0 amide bonds. The lowest BCUT2D eigenvalue weighted by Gasteiger charge is -2.30. The van der Waals surface area contributed by atoms with Gasteiger partial charge in [-0.15, -0.1) is 0 Å². The van der Waals surface area contributed by atoms with Crippen LogP contribution in [-0.4, -0.2) is 41.3 Å². The first-order valence-electron chi connectivity index (χ1n) is 8.42. The Morgan fingerprint density at radius 1 is 1.12 bits per heavy atom. The maximum absolute atomic E-state index is 9.26. The van der Waals surface area contributed by atoms with Crippen LogP contribution in [0.15, 0.2) is 53.9 Å². The van der Waals surface area contributed by atoms with Gasteiger partial charge in [0.2, 0.25) is 0 Å². The molecule has 1 aromatic carbocycles. The standard InChI is InChI=1S/C19H25N3O2/c1-4-22(14-15-10-8-7-9-11-15)17-13-18(23-5-2)16(21-20)12-19(17)24-6-3/h7-13,18H,4-6,14H2,1-3H3. The Morgan fingerprint density at radius 2 is 1.88 bits per heavy atom. The number of nitrogens with zero attached hydrogens (tertiary/aromatic N) is 3. The van der Waals surface area contributed by atoms with Gasteiger partial charge >= 0.3 is 5.71 Å². The van der Waals surface area contributed by atoms with Crippen molar-refractivity contribution in [3.63, 3.8) is 0 Å². The van der Waals surface area contributed by atoms with Crippen molar-refractivity contribution in [2.45, 2.75) is 33.4 Å². The summed E-state index contributed by atoms with van der Waals surface area (Å²) in [5.41, 5.74) is 11.9. The zero-order valence-corrected chi connectivity index (χ0v) is 14.6. The Hall–Kier alpha value is -2.36. The van der Waals surface area contributed by atoms with Crippen molar-refractivity contribution in [1.82, 2.24) is 4.90 Å². The van der Waals surface area contributed by atoms with E-state index in [9.17, 15) is 5.53 Å². The fourth-order valence-corrected chi connectivity index (χ4v) is 2.70. The maximum atomic E-state index is 9.26. The summed E-state index contributed by atoms with van der Waals surface area (Å²) >= 11 is 0. The summed E-state index contributed by atoms with van der Waals surface area (Å²) < 4.78 is 11.5. The molecule has 0 fully saturated rings. The first kappa shape index (κ1) is 18.0. The van der Waals surface area contributed by atoms with Gasteiger partial charge in [-0.05, 0) is 32.4 Å². The molecule has 128 valence electrons. The minimum atomic E-state index is -0.371. The number of ether oxygens (including phenoxy) is 2. The Morgan fingerprint density at radius 3 is 2.46 bits per heavy atom. The third-order valence-electron chi connectivity index (χ3n) is 3.83. The lowest BCUT2D eigenvalue weighted by atomic mass is 10.0. The first-order chi connectivity index (χ1) is 11.7. The molecule has 0 saturated carbocycles. The van der Waals surface area contributed by atoms with E-state index in [1.165, 1.54) is 5.56 Å². The molecule has 1 aliphatic rings.